The fourth-order valence-electron chi connectivity index (χ4n) is 5.29. The lowest BCUT2D eigenvalue weighted by Crippen LogP contribution is -2.30. The van der Waals surface area contributed by atoms with E-state index >= 15 is 4.39 Å². The summed E-state index contributed by atoms with van der Waals surface area (Å²) in [6.45, 7) is 1.14. The quantitative estimate of drug-likeness (QED) is 0.547. The lowest BCUT2D eigenvalue weighted by atomic mass is 9.75. The van der Waals surface area contributed by atoms with Crippen LogP contribution in [0.15, 0.2) is 36.4 Å². The molecular weight excluding hydrogens is 426 g/mol. The van der Waals surface area contributed by atoms with Crippen LogP contribution in [0, 0.1) is 17.6 Å². The predicted octanol–water partition coefficient (Wildman–Crippen LogP) is 4.39. The Bertz CT molecular complexity index is 976. The molecule has 2 aromatic carbocycles. The summed E-state index contributed by atoms with van der Waals surface area (Å²) in [6.07, 6.45) is 4.22. The van der Waals surface area contributed by atoms with Crippen LogP contribution in [0.5, 0.6) is 5.75 Å². The first-order valence-electron chi connectivity index (χ1n) is 11.8. The van der Waals surface area contributed by atoms with Crippen LogP contribution in [0.25, 0.3) is 0 Å². The lowest BCUT2D eigenvalue weighted by Gasteiger charge is -2.30. The Morgan fingerprint density at radius 3 is 2.61 bits per heavy atom. The molecule has 1 aliphatic heterocycles. The third-order valence-electron chi connectivity index (χ3n) is 6.98. The molecule has 5 nitrogen and oxygen atoms in total. The van der Waals surface area contributed by atoms with E-state index in [4.69, 9.17) is 9.84 Å². The molecule has 1 saturated carbocycles. The molecule has 0 amide bonds. The summed E-state index contributed by atoms with van der Waals surface area (Å²) in [6, 6.07) is 10.1. The molecule has 2 fully saturated rings. The van der Waals surface area contributed by atoms with Crippen LogP contribution in [0.3, 0.4) is 0 Å². The summed E-state index contributed by atoms with van der Waals surface area (Å²) in [5.41, 5.74) is 3.06. The van der Waals surface area contributed by atoms with Crippen molar-refractivity contribution in [2.24, 2.45) is 5.92 Å². The molecule has 1 saturated heterocycles. The molecular formula is C26H32F2N2O3. The lowest BCUT2D eigenvalue weighted by molar-refractivity contribution is -0.139. The van der Waals surface area contributed by atoms with Gasteiger partial charge in [0.1, 0.15) is 18.0 Å². The zero-order valence-corrected chi connectivity index (χ0v) is 18.9. The van der Waals surface area contributed by atoms with Gasteiger partial charge >= 0.3 is 5.97 Å². The Kier molecular flexibility index (Phi) is 7.60. The third kappa shape index (κ3) is 5.71. The van der Waals surface area contributed by atoms with E-state index in [1.54, 1.807) is 0 Å². The highest BCUT2D eigenvalue weighted by Crippen LogP contribution is 2.39. The number of rotatable bonds is 8. The SMILES string of the molecule is CNCc1ccccc1[C@H]1CC[C@H](Cc2cc(F)cc(O[C@@H]3CN[C@H](C(=O)O)C3)c2F)CC1. The van der Waals surface area contributed by atoms with Gasteiger partial charge in [-0.1, -0.05) is 24.3 Å². The van der Waals surface area contributed by atoms with Crippen LogP contribution in [0.4, 0.5) is 8.78 Å². The second kappa shape index (κ2) is 10.6. The monoisotopic (exact) mass is 458 g/mol. The highest BCUT2D eigenvalue weighted by atomic mass is 19.1. The summed E-state index contributed by atoms with van der Waals surface area (Å²) in [5, 5.41) is 15.2. The number of halogens is 2. The number of carbonyl (C=O) groups is 1. The molecule has 1 aliphatic carbocycles. The maximum Gasteiger partial charge on any atom is 0.320 e. The van der Waals surface area contributed by atoms with Gasteiger partial charge in [0.15, 0.2) is 11.6 Å². The molecule has 3 N–H and O–H groups in total. The second-order valence-corrected chi connectivity index (χ2v) is 9.30. The zero-order valence-electron chi connectivity index (χ0n) is 18.9. The van der Waals surface area contributed by atoms with Gasteiger partial charge in [0.25, 0.3) is 0 Å². The molecule has 33 heavy (non-hydrogen) atoms. The molecule has 7 heteroatoms. The summed E-state index contributed by atoms with van der Waals surface area (Å²) in [5.74, 6) is -1.36. The summed E-state index contributed by atoms with van der Waals surface area (Å²) < 4.78 is 35.1. The predicted molar refractivity (Wildman–Crippen MR) is 122 cm³/mol. The van der Waals surface area contributed by atoms with E-state index in [1.165, 1.54) is 17.2 Å². The average Bonchev–Trinajstić information content (AvgIpc) is 3.27. The average molecular weight is 459 g/mol. The molecule has 2 atom stereocenters. The van der Waals surface area contributed by atoms with Gasteiger partial charge in [-0.3, -0.25) is 4.79 Å². The van der Waals surface area contributed by atoms with Gasteiger partial charge in [0.05, 0.1) is 0 Å². The molecule has 1 heterocycles. The molecule has 0 radical (unpaired) electrons. The van der Waals surface area contributed by atoms with Crippen molar-refractivity contribution >= 4 is 5.97 Å². The Hall–Kier alpha value is -2.51. The maximum atomic E-state index is 15.2. The number of nitrogens with one attached hydrogen (secondary N) is 2. The number of ether oxygens (including phenoxy) is 1. The van der Waals surface area contributed by atoms with Crippen molar-refractivity contribution in [2.75, 3.05) is 13.6 Å². The molecule has 0 bridgehead atoms. The number of hydrogen-bond acceptors (Lipinski definition) is 4. The van der Waals surface area contributed by atoms with Crippen molar-refractivity contribution in [3.63, 3.8) is 0 Å². The first kappa shape index (κ1) is 23.6. The van der Waals surface area contributed by atoms with Crippen LogP contribution < -0.4 is 15.4 Å². The molecule has 0 unspecified atom stereocenters. The van der Waals surface area contributed by atoms with E-state index < -0.39 is 29.7 Å². The van der Waals surface area contributed by atoms with Crippen molar-refractivity contribution in [3.8, 4) is 5.75 Å². The van der Waals surface area contributed by atoms with E-state index in [0.29, 0.717) is 30.4 Å². The Balaban J connectivity index is 1.38. The van der Waals surface area contributed by atoms with Crippen molar-refractivity contribution in [3.05, 3.63) is 64.7 Å². The summed E-state index contributed by atoms with van der Waals surface area (Å²) in [4.78, 5) is 11.1. The largest absolute Gasteiger partial charge is 0.486 e. The van der Waals surface area contributed by atoms with Crippen molar-refractivity contribution in [2.45, 2.75) is 63.1 Å². The zero-order chi connectivity index (χ0) is 23.4. The van der Waals surface area contributed by atoms with Gasteiger partial charge in [0.2, 0.25) is 0 Å². The standard InChI is InChI=1S/C26H32F2N2O3/c1-29-14-18-4-2-3-5-22(18)17-8-6-16(7-9-17)10-19-11-20(27)12-24(25(19)28)33-21-13-23(26(31)32)30-15-21/h2-5,11-12,16-17,21,23,29-30H,6-10,13-15H2,1H3,(H,31,32)/t16-,17-,21-,23-/m0/s1. The normalized spacial score (nSPS) is 25.2. The summed E-state index contributed by atoms with van der Waals surface area (Å²) in [7, 11) is 1.95. The van der Waals surface area contributed by atoms with Crippen molar-refractivity contribution < 1.29 is 23.4 Å². The minimum absolute atomic E-state index is 0.127. The van der Waals surface area contributed by atoms with Gasteiger partial charge in [-0.15, -0.1) is 0 Å². The number of carboxylic acids is 1. The topological polar surface area (TPSA) is 70.6 Å². The van der Waals surface area contributed by atoms with Crippen LogP contribution in [0.2, 0.25) is 0 Å². The van der Waals surface area contributed by atoms with E-state index in [1.807, 2.05) is 7.05 Å². The van der Waals surface area contributed by atoms with Crippen LogP contribution >= 0.6 is 0 Å². The Labute approximate surface area is 193 Å². The fourth-order valence-corrected chi connectivity index (χ4v) is 5.29. The molecule has 178 valence electrons. The third-order valence-corrected chi connectivity index (χ3v) is 6.98. The van der Waals surface area contributed by atoms with Crippen LogP contribution in [0.1, 0.15) is 54.7 Å². The summed E-state index contributed by atoms with van der Waals surface area (Å²) >= 11 is 0. The highest BCUT2D eigenvalue weighted by Gasteiger charge is 2.32. The van der Waals surface area contributed by atoms with Crippen molar-refractivity contribution in [1.82, 2.24) is 10.6 Å². The first-order valence-corrected chi connectivity index (χ1v) is 11.8. The van der Waals surface area contributed by atoms with Gasteiger partial charge in [-0.25, -0.2) is 8.78 Å². The van der Waals surface area contributed by atoms with Crippen molar-refractivity contribution in [1.29, 1.82) is 0 Å². The Morgan fingerprint density at radius 1 is 1.15 bits per heavy atom. The first-order chi connectivity index (χ1) is 15.9. The van der Waals surface area contributed by atoms with E-state index in [0.717, 1.165) is 38.3 Å². The maximum absolute atomic E-state index is 15.2. The van der Waals surface area contributed by atoms with Gasteiger partial charge in [-0.2, -0.15) is 0 Å². The van der Waals surface area contributed by atoms with Crippen LogP contribution in [-0.4, -0.2) is 36.8 Å². The van der Waals surface area contributed by atoms with E-state index in [-0.39, 0.29) is 12.2 Å². The second-order valence-electron chi connectivity index (χ2n) is 9.30. The van der Waals surface area contributed by atoms with Gasteiger partial charge in [-0.05, 0) is 73.7 Å². The molecule has 4 rings (SSSR count). The minimum atomic E-state index is -0.967. The minimum Gasteiger partial charge on any atom is -0.486 e. The van der Waals surface area contributed by atoms with Gasteiger partial charge < -0.3 is 20.5 Å². The molecule has 0 spiro atoms. The highest BCUT2D eigenvalue weighted by molar-refractivity contribution is 5.73. The van der Waals surface area contributed by atoms with Gasteiger partial charge in [0, 0.05) is 25.6 Å². The van der Waals surface area contributed by atoms with E-state index in [2.05, 4.69) is 34.9 Å². The number of aliphatic carboxylic acids is 1. The van der Waals surface area contributed by atoms with E-state index in [9.17, 15) is 9.18 Å². The number of hydrogen-bond donors (Lipinski definition) is 3. The number of benzene rings is 2. The fraction of sp³-hybridized carbons (Fsp3) is 0.500. The Morgan fingerprint density at radius 2 is 1.91 bits per heavy atom. The molecule has 2 aliphatic rings. The smallest absolute Gasteiger partial charge is 0.320 e. The van der Waals surface area contributed by atoms with Crippen LogP contribution in [-0.2, 0) is 17.8 Å². The number of carboxylic acid groups (broad SMARTS) is 1. The molecule has 2 aromatic rings. The molecule has 0 aromatic heterocycles.